The van der Waals surface area contributed by atoms with Crippen molar-refractivity contribution in [1.82, 2.24) is 4.98 Å². The molecule has 16 heavy (non-hydrogen) atoms. The van der Waals surface area contributed by atoms with Crippen LogP contribution in [0, 0.1) is 0 Å². The summed E-state index contributed by atoms with van der Waals surface area (Å²) in [4.78, 5) is 14.4. The molecule has 3 nitrogen and oxygen atoms in total. The Morgan fingerprint density at radius 3 is 2.50 bits per heavy atom. The topological polar surface area (TPSA) is 44.9 Å². The number of rotatable bonds is 2. The van der Waals surface area contributed by atoms with Gasteiger partial charge in [-0.25, -0.2) is 0 Å². The van der Waals surface area contributed by atoms with E-state index in [1.54, 1.807) is 6.07 Å². The molecule has 0 spiro atoms. The third kappa shape index (κ3) is 2.46. The number of anilines is 1. The summed E-state index contributed by atoms with van der Waals surface area (Å²) in [7, 11) is 0. The minimum absolute atomic E-state index is 0.0182. The lowest BCUT2D eigenvalue weighted by atomic mass is 9.87. The molecule has 1 aromatic heterocycles. The molecule has 0 aliphatic heterocycles. The molecule has 0 radical (unpaired) electrons. The lowest BCUT2D eigenvalue weighted by Gasteiger charge is -2.28. The van der Waals surface area contributed by atoms with Crippen molar-refractivity contribution in [3.63, 3.8) is 0 Å². The first kappa shape index (κ1) is 11.2. The summed E-state index contributed by atoms with van der Waals surface area (Å²) in [6.07, 6.45) is 3.71. The predicted octanol–water partition coefficient (Wildman–Crippen LogP) is 2.64. The van der Waals surface area contributed by atoms with E-state index in [9.17, 15) is 4.79 Å². The molecule has 0 aromatic carbocycles. The number of aromatic nitrogens is 1. The Morgan fingerprint density at radius 1 is 1.31 bits per heavy atom. The number of nitrogens with one attached hydrogen (secondary N) is 2. The maximum Gasteiger partial charge on any atom is 0.249 e. The summed E-state index contributed by atoms with van der Waals surface area (Å²) in [6, 6.07) is 4.29. The van der Waals surface area contributed by atoms with Gasteiger partial charge in [-0.1, -0.05) is 20.8 Å². The zero-order valence-electron chi connectivity index (χ0n) is 10.3. The van der Waals surface area contributed by atoms with Crippen LogP contribution in [0.3, 0.4) is 0 Å². The Labute approximate surface area is 96.3 Å². The Morgan fingerprint density at radius 2 is 2.00 bits per heavy atom. The SMILES string of the molecule is CC(C)(C)c1cc(NC2CCC2)[nH]c(=O)c1. The van der Waals surface area contributed by atoms with Gasteiger partial charge in [0.2, 0.25) is 5.56 Å². The molecule has 0 unspecified atom stereocenters. The fraction of sp³-hybridized carbons (Fsp3) is 0.615. The van der Waals surface area contributed by atoms with Gasteiger partial charge in [0.15, 0.2) is 0 Å². The first-order valence-electron chi connectivity index (χ1n) is 5.96. The van der Waals surface area contributed by atoms with Crippen LogP contribution in [0.4, 0.5) is 5.82 Å². The average Bonchev–Trinajstić information content (AvgIpc) is 2.09. The molecule has 3 heteroatoms. The lowest BCUT2D eigenvalue weighted by Crippen LogP contribution is -2.29. The van der Waals surface area contributed by atoms with Gasteiger partial charge in [0.1, 0.15) is 5.82 Å². The second-order valence-electron chi connectivity index (χ2n) is 5.67. The Kier molecular flexibility index (Phi) is 2.78. The largest absolute Gasteiger partial charge is 0.369 e. The normalized spacial score (nSPS) is 16.9. The van der Waals surface area contributed by atoms with E-state index in [2.05, 4.69) is 37.1 Å². The summed E-state index contributed by atoms with van der Waals surface area (Å²) in [5.41, 5.74) is 1.08. The minimum atomic E-state index is -0.0192. The zero-order valence-corrected chi connectivity index (χ0v) is 10.3. The number of pyridine rings is 1. The van der Waals surface area contributed by atoms with E-state index < -0.39 is 0 Å². The zero-order chi connectivity index (χ0) is 11.8. The van der Waals surface area contributed by atoms with Gasteiger partial charge >= 0.3 is 0 Å². The van der Waals surface area contributed by atoms with Crippen LogP contribution in [0.5, 0.6) is 0 Å². The van der Waals surface area contributed by atoms with E-state index in [0.29, 0.717) is 6.04 Å². The second-order valence-corrected chi connectivity index (χ2v) is 5.67. The van der Waals surface area contributed by atoms with Gasteiger partial charge in [-0.15, -0.1) is 0 Å². The van der Waals surface area contributed by atoms with E-state index in [-0.39, 0.29) is 11.0 Å². The molecule has 0 atom stereocenters. The van der Waals surface area contributed by atoms with Gasteiger partial charge in [-0.2, -0.15) is 0 Å². The van der Waals surface area contributed by atoms with Crippen LogP contribution in [-0.4, -0.2) is 11.0 Å². The van der Waals surface area contributed by atoms with Gasteiger partial charge in [-0.05, 0) is 36.3 Å². The van der Waals surface area contributed by atoms with Crippen molar-refractivity contribution in [3.05, 3.63) is 28.0 Å². The van der Waals surface area contributed by atoms with Crippen LogP contribution >= 0.6 is 0 Å². The standard InChI is InChI=1S/C13H20N2O/c1-13(2,3)9-7-11(15-12(16)8-9)14-10-5-4-6-10/h7-8,10H,4-6H2,1-3H3,(H2,14,15,16). The van der Waals surface area contributed by atoms with Gasteiger partial charge < -0.3 is 10.3 Å². The molecule has 2 N–H and O–H groups in total. The van der Waals surface area contributed by atoms with Crippen molar-refractivity contribution in [2.45, 2.75) is 51.5 Å². The molecule has 1 aromatic rings. The van der Waals surface area contributed by atoms with E-state index in [0.717, 1.165) is 11.4 Å². The molecule has 2 rings (SSSR count). The molecule has 1 fully saturated rings. The Balaban J connectivity index is 2.24. The molecular formula is C13H20N2O. The van der Waals surface area contributed by atoms with E-state index >= 15 is 0 Å². The fourth-order valence-corrected chi connectivity index (χ4v) is 1.83. The number of H-pyrrole nitrogens is 1. The van der Waals surface area contributed by atoms with Crippen LogP contribution in [-0.2, 0) is 5.41 Å². The lowest BCUT2D eigenvalue weighted by molar-refractivity contribution is 0.444. The van der Waals surface area contributed by atoms with Crippen molar-refractivity contribution in [1.29, 1.82) is 0 Å². The summed E-state index contributed by atoms with van der Waals surface area (Å²) >= 11 is 0. The van der Waals surface area contributed by atoms with Crippen molar-refractivity contribution in [2.24, 2.45) is 0 Å². The highest BCUT2D eigenvalue weighted by Gasteiger charge is 2.19. The average molecular weight is 220 g/mol. The van der Waals surface area contributed by atoms with Crippen molar-refractivity contribution in [3.8, 4) is 0 Å². The van der Waals surface area contributed by atoms with E-state index in [4.69, 9.17) is 0 Å². The van der Waals surface area contributed by atoms with Crippen LogP contribution < -0.4 is 10.9 Å². The molecule has 0 saturated heterocycles. The van der Waals surface area contributed by atoms with Gasteiger partial charge in [0.25, 0.3) is 0 Å². The monoisotopic (exact) mass is 220 g/mol. The Hall–Kier alpha value is -1.25. The summed E-state index contributed by atoms with van der Waals surface area (Å²) < 4.78 is 0. The smallest absolute Gasteiger partial charge is 0.249 e. The minimum Gasteiger partial charge on any atom is -0.369 e. The quantitative estimate of drug-likeness (QED) is 0.804. The number of hydrogen-bond acceptors (Lipinski definition) is 2. The molecular weight excluding hydrogens is 200 g/mol. The highest BCUT2D eigenvalue weighted by Crippen LogP contribution is 2.25. The van der Waals surface area contributed by atoms with Gasteiger partial charge in [0, 0.05) is 12.1 Å². The van der Waals surface area contributed by atoms with Crippen LogP contribution in [0.2, 0.25) is 0 Å². The molecule has 1 aliphatic carbocycles. The summed E-state index contributed by atoms with van der Waals surface area (Å²) in [5.74, 6) is 0.863. The van der Waals surface area contributed by atoms with E-state index in [1.165, 1.54) is 19.3 Å². The fourth-order valence-electron chi connectivity index (χ4n) is 1.83. The van der Waals surface area contributed by atoms with Crippen LogP contribution in [0.25, 0.3) is 0 Å². The summed E-state index contributed by atoms with van der Waals surface area (Å²) in [5, 5.41) is 3.38. The number of hydrogen-bond donors (Lipinski definition) is 2. The highest BCUT2D eigenvalue weighted by atomic mass is 16.1. The van der Waals surface area contributed by atoms with Crippen molar-refractivity contribution >= 4 is 5.82 Å². The third-order valence-electron chi connectivity index (χ3n) is 3.18. The molecule has 88 valence electrons. The van der Waals surface area contributed by atoms with Crippen molar-refractivity contribution in [2.75, 3.05) is 5.32 Å². The maximum absolute atomic E-state index is 11.6. The van der Waals surface area contributed by atoms with Gasteiger partial charge in [0.05, 0.1) is 0 Å². The highest BCUT2D eigenvalue weighted by molar-refractivity contribution is 5.41. The van der Waals surface area contributed by atoms with Crippen molar-refractivity contribution < 1.29 is 0 Å². The molecule has 1 saturated carbocycles. The maximum atomic E-state index is 11.6. The second kappa shape index (κ2) is 3.96. The molecule has 1 heterocycles. The third-order valence-corrected chi connectivity index (χ3v) is 3.18. The first-order valence-corrected chi connectivity index (χ1v) is 5.96. The van der Waals surface area contributed by atoms with Crippen LogP contribution in [0.1, 0.15) is 45.6 Å². The molecule has 0 amide bonds. The first-order chi connectivity index (χ1) is 7.45. The number of aromatic amines is 1. The van der Waals surface area contributed by atoms with Gasteiger partial charge in [-0.3, -0.25) is 4.79 Å². The Bertz CT molecular complexity index is 424. The summed E-state index contributed by atoms with van der Waals surface area (Å²) in [6.45, 7) is 6.36. The molecule has 0 bridgehead atoms. The predicted molar refractivity (Wildman–Crippen MR) is 67.0 cm³/mol. The van der Waals surface area contributed by atoms with Crippen LogP contribution in [0.15, 0.2) is 16.9 Å². The molecule has 1 aliphatic rings. The van der Waals surface area contributed by atoms with E-state index in [1.807, 2.05) is 0 Å².